The van der Waals surface area contributed by atoms with Crippen LogP contribution in [0.15, 0.2) is 91.0 Å². The van der Waals surface area contributed by atoms with Crippen molar-refractivity contribution in [3.05, 3.63) is 96.6 Å². The van der Waals surface area contributed by atoms with Crippen LogP contribution in [0, 0.1) is 17.8 Å². The molecule has 1 N–H and O–H groups in total. The van der Waals surface area contributed by atoms with Crippen molar-refractivity contribution in [2.75, 3.05) is 6.61 Å². The second-order valence-corrected chi connectivity index (χ2v) is 23.8. The van der Waals surface area contributed by atoms with Crippen molar-refractivity contribution in [1.82, 2.24) is 0 Å². The van der Waals surface area contributed by atoms with E-state index in [-0.39, 0.29) is 28.8 Å². The lowest BCUT2D eigenvalue weighted by Gasteiger charge is -2.45. The van der Waals surface area contributed by atoms with Crippen LogP contribution in [0.25, 0.3) is 0 Å². The lowest BCUT2D eigenvalue weighted by atomic mass is 9.82. The first-order valence-corrected chi connectivity index (χ1v) is 22.5. The molecule has 8 heteroatoms. The Morgan fingerprint density at radius 2 is 1.18 bits per heavy atom. The quantitative estimate of drug-likeness (QED) is 0.107. The van der Waals surface area contributed by atoms with Crippen LogP contribution in [0.5, 0.6) is 0 Å². The number of hydrogen-bond donors (Lipinski definition) is 1. The van der Waals surface area contributed by atoms with Gasteiger partial charge in [0.1, 0.15) is 0 Å². The summed E-state index contributed by atoms with van der Waals surface area (Å²) in [6.45, 7) is 21.3. The predicted octanol–water partition coefficient (Wildman–Crippen LogP) is 8.04. The summed E-state index contributed by atoms with van der Waals surface area (Å²) < 4.78 is 20.1. The molecule has 0 unspecified atom stereocenters. The Bertz CT molecular complexity index is 1390. The molecule has 0 saturated heterocycles. The average Bonchev–Trinajstić information content (AvgIpc) is 3.12. The van der Waals surface area contributed by atoms with Gasteiger partial charge in [-0.2, -0.15) is 0 Å². The molecular formula is C41H60O6Si2. The maximum absolute atomic E-state index is 13.6. The van der Waals surface area contributed by atoms with E-state index in [1.54, 1.807) is 38.1 Å². The standard InChI is InChI=1S/C41H60O6Si2/c1-11-48(12-2,13-3)47-39(32(6)37(42)31(5)38(43)33(7)46-40(44)34-23-17-14-18-24-34)30(4)29-45-49(41(8,9)10,35-25-19-15-20-26-35)36-27-21-16-22-28-36/h14-28,30-33,37,39,42H,11-13,29H2,1-10H3/t30-,31-,32-,33+,37+,39-/m0/s1. The Balaban J connectivity index is 1.94. The minimum Gasteiger partial charge on any atom is -0.451 e. The zero-order valence-electron chi connectivity index (χ0n) is 31.4. The van der Waals surface area contributed by atoms with Gasteiger partial charge in [0, 0.05) is 24.4 Å². The van der Waals surface area contributed by atoms with Crippen LogP contribution in [0.1, 0.15) is 79.6 Å². The molecule has 0 spiro atoms. The molecule has 3 rings (SSSR count). The summed E-state index contributed by atoms with van der Waals surface area (Å²) >= 11 is 0. The van der Waals surface area contributed by atoms with Gasteiger partial charge >= 0.3 is 5.97 Å². The highest BCUT2D eigenvalue weighted by molar-refractivity contribution is 6.99. The highest BCUT2D eigenvalue weighted by atomic mass is 28.4. The fraction of sp³-hybridized carbons (Fsp3) is 0.512. The second-order valence-electron chi connectivity index (χ2n) is 14.7. The van der Waals surface area contributed by atoms with E-state index < -0.39 is 40.7 Å². The van der Waals surface area contributed by atoms with E-state index in [1.165, 1.54) is 10.4 Å². The molecule has 3 aromatic carbocycles. The number of benzene rings is 3. The average molecular weight is 705 g/mol. The first kappa shape index (κ1) is 40.5. The SMILES string of the molecule is CC[Si](CC)(CC)O[C@H]([C@@H](C)[C@H](O)[C@H](C)C(=O)[C@@H](C)OC(=O)c1ccccc1)[C@@H](C)CO[Si](c1ccccc1)(c1ccccc1)C(C)(C)C. The Morgan fingerprint density at radius 1 is 0.735 bits per heavy atom. The number of carbonyl (C=O) groups is 2. The summed E-state index contributed by atoms with van der Waals surface area (Å²) in [6.07, 6.45) is -2.37. The van der Waals surface area contributed by atoms with E-state index in [1.807, 2.05) is 25.1 Å². The molecule has 0 radical (unpaired) electrons. The summed E-state index contributed by atoms with van der Waals surface area (Å²) in [5.41, 5.74) is 0.381. The monoisotopic (exact) mass is 704 g/mol. The van der Waals surface area contributed by atoms with Crippen LogP contribution in [-0.2, 0) is 18.4 Å². The van der Waals surface area contributed by atoms with Gasteiger partial charge in [-0.25, -0.2) is 4.79 Å². The molecule has 6 atom stereocenters. The molecule has 0 aliphatic rings. The third-order valence-corrected chi connectivity index (χ3v) is 20.2. The molecule has 0 aromatic heterocycles. The lowest BCUT2D eigenvalue weighted by Crippen LogP contribution is -2.67. The molecule has 0 aliphatic heterocycles. The van der Waals surface area contributed by atoms with E-state index >= 15 is 0 Å². The molecular weight excluding hydrogens is 645 g/mol. The topological polar surface area (TPSA) is 82.1 Å². The van der Waals surface area contributed by atoms with Crippen LogP contribution in [0.2, 0.25) is 23.2 Å². The molecule has 3 aromatic rings. The number of aliphatic hydroxyl groups is 1. The zero-order chi connectivity index (χ0) is 36.4. The third kappa shape index (κ3) is 9.47. The van der Waals surface area contributed by atoms with E-state index in [0.29, 0.717) is 12.2 Å². The summed E-state index contributed by atoms with van der Waals surface area (Å²) in [6, 6.07) is 32.7. The zero-order valence-corrected chi connectivity index (χ0v) is 33.4. The number of esters is 1. The second kappa shape index (κ2) is 17.9. The molecule has 268 valence electrons. The van der Waals surface area contributed by atoms with Crippen molar-refractivity contribution in [2.24, 2.45) is 17.8 Å². The van der Waals surface area contributed by atoms with Gasteiger partial charge in [-0.05, 0) is 52.6 Å². The smallest absolute Gasteiger partial charge is 0.338 e. The molecule has 49 heavy (non-hydrogen) atoms. The fourth-order valence-electron chi connectivity index (χ4n) is 7.19. The Morgan fingerprint density at radius 3 is 1.61 bits per heavy atom. The summed E-state index contributed by atoms with van der Waals surface area (Å²) in [7, 11) is -4.96. The first-order valence-electron chi connectivity index (χ1n) is 18.1. The van der Waals surface area contributed by atoms with Gasteiger partial charge in [-0.3, -0.25) is 4.79 Å². The normalized spacial score (nSPS) is 16.2. The fourth-order valence-corrected chi connectivity index (χ4v) is 14.9. The first-order chi connectivity index (χ1) is 23.2. The van der Waals surface area contributed by atoms with Crippen LogP contribution in [-0.4, -0.2) is 58.4 Å². The van der Waals surface area contributed by atoms with E-state index in [9.17, 15) is 14.7 Å². The number of hydrogen-bond acceptors (Lipinski definition) is 6. The molecule has 0 saturated carbocycles. The van der Waals surface area contributed by atoms with Crippen molar-refractivity contribution in [2.45, 2.75) is 111 Å². The van der Waals surface area contributed by atoms with E-state index in [2.05, 4.69) is 97.0 Å². The van der Waals surface area contributed by atoms with Crippen LogP contribution < -0.4 is 10.4 Å². The predicted molar refractivity (Wildman–Crippen MR) is 205 cm³/mol. The molecule has 0 aliphatic carbocycles. The number of ether oxygens (including phenoxy) is 1. The van der Waals surface area contributed by atoms with Gasteiger partial charge in [0.15, 0.2) is 20.2 Å². The highest BCUT2D eigenvalue weighted by Crippen LogP contribution is 2.38. The van der Waals surface area contributed by atoms with Crippen molar-refractivity contribution in [1.29, 1.82) is 0 Å². The maximum atomic E-state index is 13.6. The van der Waals surface area contributed by atoms with Crippen LogP contribution in [0.4, 0.5) is 0 Å². The summed E-state index contributed by atoms with van der Waals surface area (Å²) in [5.74, 6) is -2.12. The molecule has 0 bridgehead atoms. The summed E-state index contributed by atoms with van der Waals surface area (Å²) in [5, 5.41) is 14.1. The number of aliphatic hydroxyl groups excluding tert-OH is 1. The van der Waals surface area contributed by atoms with Crippen molar-refractivity contribution >= 4 is 38.8 Å². The number of carbonyl (C=O) groups excluding carboxylic acids is 2. The Labute approximate surface area is 297 Å². The van der Waals surface area contributed by atoms with E-state index in [0.717, 1.165) is 18.1 Å². The summed E-state index contributed by atoms with van der Waals surface area (Å²) in [4.78, 5) is 26.3. The van der Waals surface area contributed by atoms with Gasteiger partial charge in [0.2, 0.25) is 0 Å². The van der Waals surface area contributed by atoms with Gasteiger partial charge in [0.05, 0.1) is 17.8 Å². The minimum atomic E-state index is -2.81. The highest BCUT2D eigenvalue weighted by Gasteiger charge is 2.51. The van der Waals surface area contributed by atoms with E-state index in [4.69, 9.17) is 13.6 Å². The van der Waals surface area contributed by atoms with Gasteiger partial charge in [-0.15, -0.1) is 0 Å². The maximum Gasteiger partial charge on any atom is 0.338 e. The van der Waals surface area contributed by atoms with Gasteiger partial charge in [-0.1, -0.05) is 141 Å². The molecule has 0 fully saturated rings. The van der Waals surface area contributed by atoms with Crippen molar-refractivity contribution < 1.29 is 28.3 Å². The Kier molecular flexibility index (Phi) is 14.8. The van der Waals surface area contributed by atoms with Crippen molar-refractivity contribution in [3.8, 4) is 0 Å². The van der Waals surface area contributed by atoms with Crippen LogP contribution >= 0.6 is 0 Å². The molecule has 0 amide bonds. The molecule has 6 nitrogen and oxygen atoms in total. The number of Topliss-reactive ketones (excluding diaryl/α,β-unsaturated/α-hetero) is 1. The number of rotatable bonds is 18. The van der Waals surface area contributed by atoms with Crippen LogP contribution in [0.3, 0.4) is 0 Å². The van der Waals surface area contributed by atoms with Gasteiger partial charge < -0.3 is 18.7 Å². The number of ketones is 1. The molecule has 0 heterocycles. The lowest BCUT2D eigenvalue weighted by molar-refractivity contribution is -0.136. The third-order valence-electron chi connectivity index (χ3n) is 10.6. The van der Waals surface area contributed by atoms with Crippen molar-refractivity contribution in [3.63, 3.8) is 0 Å². The van der Waals surface area contributed by atoms with Gasteiger partial charge in [0.25, 0.3) is 8.32 Å². The Hall–Kier alpha value is -2.89. The minimum absolute atomic E-state index is 0.0848. The largest absolute Gasteiger partial charge is 0.451 e.